The van der Waals surface area contributed by atoms with Crippen LogP contribution in [0.3, 0.4) is 0 Å². The molecule has 0 aliphatic rings. The second-order valence-electron chi connectivity index (χ2n) is 5.26. The van der Waals surface area contributed by atoms with Gasteiger partial charge < -0.3 is 20.1 Å². The summed E-state index contributed by atoms with van der Waals surface area (Å²) in [5, 5.41) is 16.7. The minimum Gasteiger partial charge on any atom is -0.493 e. The van der Waals surface area contributed by atoms with E-state index in [0.29, 0.717) is 42.4 Å². The van der Waals surface area contributed by atoms with Gasteiger partial charge in [-0.25, -0.2) is 0 Å². The van der Waals surface area contributed by atoms with E-state index in [1.807, 2.05) is 6.92 Å². The van der Waals surface area contributed by atoms with Gasteiger partial charge in [-0.15, -0.1) is 0 Å². The Morgan fingerprint density at radius 1 is 1.15 bits per heavy atom. The van der Waals surface area contributed by atoms with Crippen molar-refractivity contribution in [3.05, 3.63) is 58.1 Å². The van der Waals surface area contributed by atoms with E-state index in [0.717, 1.165) is 0 Å². The highest BCUT2D eigenvalue weighted by Crippen LogP contribution is 2.28. The van der Waals surface area contributed by atoms with E-state index in [9.17, 15) is 14.9 Å². The lowest BCUT2D eigenvalue weighted by Gasteiger charge is -2.12. The lowest BCUT2D eigenvalue weighted by Crippen LogP contribution is -2.28. The summed E-state index contributed by atoms with van der Waals surface area (Å²) in [7, 11) is 1.53. The van der Waals surface area contributed by atoms with E-state index >= 15 is 0 Å². The van der Waals surface area contributed by atoms with Gasteiger partial charge in [-0.2, -0.15) is 0 Å². The molecular formula is C18H21N3O5. The molecule has 0 saturated heterocycles. The Bertz CT molecular complexity index is 779. The van der Waals surface area contributed by atoms with Crippen LogP contribution in [0.1, 0.15) is 17.3 Å². The standard InChI is InChI=1S/C18H21N3O5/c1-3-26-17-12-13(8-9-16(17)25-2)18(22)20-11-10-19-14-6-4-5-7-15(14)21(23)24/h4-9,12,19H,3,10-11H2,1-2H3,(H,20,22). The average Bonchev–Trinajstić information content (AvgIpc) is 2.65. The molecular weight excluding hydrogens is 338 g/mol. The molecule has 0 spiro atoms. The number of ether oxygens (including phenoxy) is 2. The molecule has 0 bridgehead atoms. The Morgan fingerprint density at radius 3 is 2.62 bits per heavy atom. The van der Waals surface area contributed by atoms with Gasteiger partial charge in [0.2, 0.25) is 0 Å². The molecule has 2 aromatic rings. The van der Waals surface area contributed by atoms with E-state index in [-0.39, 0.29) is 11.6 Å². The van der Waals surface area contributed by atoms with E-state index in [4.69, 9.17) is 9.47 Å². The van der Waals surface area contributed by atoms with Crippen LogP contribution in [0.4, 0.5) is 11.4 Å². The first kappa shape index (κ1) is 19.0. The van der Waals surface area contributed by atoms with Crippen molar-refractivity contribution in [2.75, 3.05) is 32.1 Å². The predicted octanol–water partition coefficient (Wildman–Crippen LogP) is 2.84. The van der Waals surface area contributed by atoms with Gasteiger partial charge >= 0.3 is 0 Å². The van der Waals surface area contributed by atoms with Crippen LogP contribution < -0.4 is 20.1 Å². The Kier molecular flexibility index (Phi) is 6.78. The van der Waals surface area contributed by atoms with Crippen molar-refractivity contribution < 1.29 is 19.2 Å². The summed E-state index contributed by atoms with van der Waals surface area (Å²) in [6.45, 7) is 2.97. The third-order valence-electron chi connectivity index (χ3n) is 3.55. The van der Waals surface area contributed by atoms with Crippen LogP contribution in [0.25, 0.3) is 0 Å². The van der Waals surface area contributed by atoms with E-state index in [1.165, 1.54) is 13.2 Å². The summed E-state index contributed by atoms with van der Waals surface area (Å²) in [4.78, 5) is 22.8. The first-order valence-corrected chi connectivity index (χ1v) is 8.13. The largest absolute Gasteiger partial charge is 0.493 e. The number of nitrogens with one attached hydrogen (secondary N) is 2. The van der Waals surface area contributed by atoms with Crippen LogP contribution in [-0.2, 0) is 0 Å². The summed E-state index contributed by atoms with van der Waals surface area (Å²) in [5.74, 6) is 0.792. The normalized spacial score (nSPS) is 10.1. The molecule has 0 aliphatic heterocycles. The molecule has 0 atom stereocenters. The molecule has 2 N–H and O–H groups in total. The van der Waals surface area contributed by atoms with Crippen molar-refractivity contribution in [1.29, 1.82) is 0 Å². The zero-order valence-electron chi connectivity index (χ0n) is 14.7. The topological polar surface area (TPSA) is 103 Å². The zero-order valence-corrected chi connectivity index (χ0v) is 14.7. The Balaban J connectivity index is 1.91. The fraction of sp³-hybridized carbons (Fsp3) is 0.278. The Hall–Kier alpha value is -3.29. The molecule has 0 radical (unpaired) electrons. The van der Waals surface area contributed by atoms with Crippen molar-refractivity contribution in [1.82, 2.24) is 5.32 Å². The molecule has 8 heteroatoms. The minimum atomic E-state index is -0.451. The van der Waals surface area contributed by atoms with Crippen LogP contribution in [0.15, 0.2) is 42.5 Å². The van der Waals surface area contributed by atoms with Gasteiger partial charge in [-0.1, -0.05) is 12.1 Å². The molecule has 0 fully saturated rings. The van der Waals surface area contributed by atoms with E-state index in [1.54, 1.807) is 36.4 Å². The van der Waals surface area contributed by atoms with Crippen LogP contribution in [-0.4, -0.2) is 37.6 Å². The molecule has 0 saturated carbocycles. The lowest BCUT2D eigenvalue weighted by molar-refractivity contribution is -0.384. The fourth-order valence-corrected chi connectivity index (χ4v) is 2.34. The number of amides is 1. The van der Waals surface area contributed by atoms with Crippen molar-refractivity contribution >= 4 is 17.3 Å². The summed E-state index contributed by atoms with van der Waals surface area (Å²) in [6.07, 6.45) is 0. The van der Waals surface area contributed by atoms with Crippen molar-refractivity contribution in [2.45, 2.75) is 6.92 Å². The molecule has 0 aliphatic carbocycles. The Labute approximate surface area is 151 Å². The summed E-state index contributed by atoms with van der Waals surface area (Å²) in [6, 6.07) is 11.3. The van der Waals surface area contributed by atoms with Crippen molar-refractivity contribution in [2.24, 2.45) is 0 Å². The van der Waals surface area contributed by atoms with E-state index in [2.05, 4.69) is 10.6 Å². The molecule has 0 aromatic heterocycles. The number of carbonyl (C=O) groups excluding carboxylic acids is 1. The average molecular weight is 359 g/mol. The maximum absolute atomic E-state index is 12.2. The fourth-order valence-electron chi connectivity index (χ4n) is 2.34. The molecule has 138 valence electrons. The zero-order chi connectivity index (χ0) is 18.9. The highest BCUT2D eigenvalue weighted by atomic mass is 16.6. The number of anilines is 1. The third-order valence-corrected chi connectivity index (χ3v) is 3.55. The molecule has 0 unspecified atom stereocenters. The second-order valence-corrected chi connectivity index (χ2v) is 5.26. The van der Waals surface area contributed by atoms with Crippen LogP contribution >= 0.6 is 0 Å². The smallest absolute Gasteiger partial charge is 0.292 e. The number of nitrogens with zero attached hydrogens (tertiary/aromatic N) is 1. The molecule has 0 heterocycles. The summed E-state index contributed by atoms with van der Waals surface area (Å²) in [5.41, 5.74) is 0.852. The second kappa shape index (κ2) is 9.26. The Morgan fingerprint density at radius 2 is 1.92 bits per heavy atom. The number of methoxy groups -OCH3 is 1. The monoisotopic (exact) mass is 359 g/mol. The van der Waals surface area contributed by atoms with Gasteiger partial charge in [0.05, 0.1) is 18.6 Å². The van der Waals surface area contributed by atoms with Crippen molar-refractivity contribution in [3.8, 4) is 11.5 Å². The summed E-state index contributed by atoms with van der Waals surface area (Å²) < 4.78 is 10.6. The molecule has 26 heavy (non-hydrogen) atoms. The highest BCUT2D eigenvalue weighted by molar-refractivity contribution is 5.94. The van der Waals surface area contributed by atoms with Gasteiger partial charge in [0.1, 0.15) is 5.69 Å². The maximum atomic E-state index is 12.2. The van der Waals surface area contributed by atoms with Crippen molar-refractivity contribution in [3.63, 3.8) is 0 Å². The summed E-state index contributed by atoms with van der Waals surface area (Å²) >= 11 is 0. The van der Waals surface area contributed by atoms with E-state index < -0.39 is 4.92 Å². The number of hydrogen-bond acceptors (Lipinski definition) is 6. The third kappa shape index (κ3) is 4.85. The van der Waals surface area contributed by atoms with Crippen LogP contribution in [0.5, 0.6) is 11.5 Å². The first-order valence-electron chi connectivity index (χ1n) is 8.13. The van der Waals surface area contributed by atoms with Gasteiger partial charge in [-0.3, -0.25) is 14.9 Å². The van der Waals surface area contributed by atoms with Gasteiger partial charge in [0.15, 0.2) is 11.5 Å². The number of carbonyl (C=O) groups is 1. The number of nitro benzene ring substituents is 1. The lowest BCUT2D eigenvalue weighted by atomic mass is 10.2. The number of hydrogen-bond donors (Lipinski definition) is 2. The van der Waals surface area contributed by atoms with Gasteiger partial charge in [-0.05, 0) is 31.2 Å². The van der Waals surface area contributed by atoms with Gasteiger partial charge in [0.25, 0.3) is 11.6 Å². The molecule has 1 amide bonds. The first-order chi connectivity index (χ1) is 12.6. The number of nitro groups is 1. The maximum Gasteiger partial charge on any atom is 0.292 e. The number of benzene rings is 2. The predicted molar refractivity (Wildman–Crippen MR) is 98.1 cm³/mol. The molecule has 2 rings (SSSR count). The minimum absolute atomic E-state index is 0.00432. The SMILES string of the molecule is CCOc1cc(C(=O)NCCNc2ccccc2[N+](=O)[O-])ccc1OC. The van der Waals surface area contributed by atoms with Gasteiger partial charge in [0, 0.05) is 24.7 Å². The molecule has 2 aromatic carbocycles. The number of rotatable bonds is 9. The number of para-hydroxylation sites is 2. The quantitative estimate of drug-likeness (QED) is 0.405. The molecule has 8 nitrogen and oxygen atoms in total. The highest BCUT2D eigenvalue weighted by Gasteiger charge is 2.13. The van der Waals surface area contributed by atoms with Crippen LogP contribution in [0.2, 0.25) is 0 Å². The van der Waals surface area contributed by atoms with Crippen LogP contribution in [0, 0.1) is 10.1 Å².